The first-order chi connectivity index (χ1) is 7.15. The van der Waals surface area contributed by atoms with E-state index in [1.807, 2.05) is 0 Å². The van der Waals surface area contributed by atoms with Crippen molar-refractivity contribution in [1.82, 2.24) is 0 Å². The summed E-state index contributed by atoms with van der Waals surface area (Å²) in [5.41, 5.74) is 0.649. The van der Waals surface area contributed by atoms with Gasteiger partial charge in [-0.15, -0.1) is 0 Å². The SMILES string of the molecule is CC(Br)C(=O)c1ccc(OCCO)cc1. The van der Waals surface area contributed by atoms with Crippen LogP contribution in [0.2, 0.25) is 0 Å². The van der Waals surface area contributed by atoms with E-state index in [2.05, 4.69) is 15.9 Å². The number of carbonyl (C=O) groups is 1. The van der Waals surface area contributed by atoms with Crippen LogP contribution in [0.15, 0.2) is 24.3 Å². The molecule has 1 aromatic rings. The number of carbonyl (C=O) groups excluding carboxylic acids is 1. The van der Waals surface area contributed by atoms with Crippen molar-refractivity contribution in [2.75, 3.05) is 13.2 Å². The van der Waals surface area contributed by atoms with Crippen molar-refractivity contribution in [2.45, 2.75) is 11.8 Å². The molecule has 0 radical (unpaired) electrons. The minimum Gasteiger partial charge on any atom is -0.491 e. The average Bonchev–Trinajstić information content (AvgIpc) is 2.26. The van der Waals surface area contributed by atoms with E-state index in [0.29, 0.717) is 11.3 Å². The third-order valence-corrected chi connectivity index (χ3v) is 2.28. The number of rotatable bonds is 5. The number of benzene rings is 1. The molecular formula is C11H13BrO3. The number of ether oxygens (including phenoxy) is 1. The fourth-order valence-electron chi connectivity index (χ4n) is 1.11. The molecule has 1 atom stereocenters. The molecule has 0 saturated heterocycles. The second kappa shape index (κ2) is 5.88. The Morgan fingerprint density at radius 1 is 1.47 bits per heavy atom. The van der Waals surface area contributed by atoms with Crippen LogP contribution < -0.4 is 4.74 Å². The number of ketones is 1. The second-order valence-corrected chi connectivity index (χ2v) is 4.45. The Morgan fingerprint density at radius 2 is 2.07 bits per heavy atom. The van der Waals surface area contributed by atoms with Crippen LogP contribution in [0.4, 0.5) is 0 Å². The van der Waals surface area contributed by atoms with Crippen molar-refractivity contribution in [2.24, 2.45) is 0 Å². The molecule has 0 aliphatic heterocycles. The van der Waals surface area contributed by atoms with Gasteiger partial charge in [-0.25, -0.2) is 0 Å². The van der Waals surface area contributed by atoms with Crippen LogP contribution in [0, 0.1) is 0 Å². The summed E-state index contributed by atoms with van der Waals surface area (Å²) < 4.78 is 5.18. The highest BCUT2D eigenvalue weighted by Crippen LogP contribution is 2.15. The Kier molecular flexibility index (Phi) is 4.78. The molecule has 0 heterocycles. The third-order valence-electron chi connectivity index (χ3n) is 1.86. The summed E-state index contributed by atoms with van der Waals surface area (Å²) in [6.45, 7) is 2.04. The molecule has 82 valence electrons. The van der Waals surface area contributed by atoms with Gasteiger partial charge in [0.25, 0.3) is 0 Å². The second-order valence-electron chi connectivity index (χ2n) is 3.08. The quantitative estimate of drug-likeness (QED) is 0.659. The standard InChI is InChI=1S/C11H13BrO3/c1-8(12)11(14)9-2-4-10(5-3-9)15-7-6-13/h2-5,8,13H,6-7H2,1H3. The van der Waals surface area contributed by atoms with Crippen molar-refractivity contribution >= 4 is 21.7 Å². The van der Waals surface area contributed by atoms with Crippen molar-refractivity contribution < 1.29 is 14.6 Å². The first-order valence-corrected chi connectivity index (χ1v) is 5.58. The molecule has 1 aromatic carbocycles. The van der Waals surface area contributed by atoms with E-state index in [9.17, 15) is 4.79 Å². The molecule has 0 aliphatic carbocycles. The summed E-state index contributed by atoms with van der Waals surface area (Å²) in [7, 11) is 0. The largest absolute Gasteiger partial charge is 0.491 e. The minimum atomic E-state index is -0.179. The van der Waals surface area contributed by atoms with Crippen LogP contribution in [0.3, 0.4) is 0 Å². The molecule has 0 spiro atoms. The van der Waals surface area contributed by atoms with Gasteiger partial charge in [0.15, 0.2) is 5.78 Å². The fraction of sp³-hybridized carbons (Fsp3) is 0.364. The van der Waals surface area contributed by atoms with Crippen LogP contribution in [0.5, 0.6) is 5.75 Å². The monoisotopic (exact) mass is 272 g/mol. The summed E-state index contributed by atoms with van der Waals surface area (Å²) in [5, 5.41) is 8.56. The Hall–Kier alpha value is -0.870. The zero-order valence-electron chi connectivity index (χ0n) is 8.44. The smallest absolute Gasteiger partial charge is 0.176 e. The Morgan fingerprint density at radius 3 is 2.53 bits per heavy atom. The van der Waals surface area contributed by atoms with E-state index in [1.54, 1.807) is 31.2 Å². The Bertz CT molecular complexity index is 319. The number of aliphatic hydroxyl groups excluding tert-OH is 1. The summed E-state index contributed by atoms with van der Waals surface area (Å²) in [6, 6.07) is 6.87. The maximum absolute atomic E-state index is 11.5. The third kappa shape index (κ3) is 3.64. The van der Waals surface area contributed by atoms with Crippen LogP contribution in [-0.4, -0.2) is 28.9 Å². The van der Waals surface area contributed by atoms with Gasteiger partial charge < -0.3 is 9.84 Å². The van der Waals surface area contributed by atoms with E-state index in [1.165, 1.54) is 0 Å². The maximum Gasteiger partial charge on any atom is 0.176 e. The summed E-state index contributed by atoms with van der Waals surface area (Å²) in [5.74, 6) is 0.700. The summed E-state index contributed by atoms with van der Waals surface area (Å²) in [6.07, 6.45) is 0. The van der Waals surface area contributed by atoms with Crippen LogP contribution >= 0.6 is 15.9 Å². The van der Waals surface area contributed by atoms with Gasteiger partial charge in [-0.1, -0.05) is 15.9 Å². The normalized spacial score (nSPS) is 12.2. The van der Waals surface area contributed by atoms with E-state index < -0.39 is 0 Å². The molecule has 0 saturated carbocycles. The van der Waals surface area contributed by atoms with Crippen molar-refractivity contribution in [3.63, 3.8) is 0 Å². The highest BCUT2D eigenvalue weighted by atomic mass is 79.9. The van der Waals surface area contributed by atoms with Crippen LogP contribution in [0.1, 0.15) is 17.3 Å². The highest BCUT2D eigenvalue weighted by molar-refractivity contribution is 9.10. The molecule has 0 bridgehead atoms. The van der Waals surface area contributed by atoms with Gasteiger partial charge in [-0.3, -0.25) is 4.79 Å². The number of halogens is 1. The minimum absolute atomic E-state index is 0.0148. The van der Waals surface area contributed by atoms with Crippen molar-refractivity contribution in [1.29, 1.82) is 0 Å². The molecule has 15 heavy (non-hydrogen) atoms. The van der Waals surface area contributed by atoms with Gasteiger partial charge in [0, 0.05) is 5.56 Å². The molecule has 1 rings (SSSR count). The number of hydrogen-bond donors (Lipinski definition) is 1. The van der Waals surface area contributed by atoms with Gasteiger partial charge in [0.1, 0.15) is 12.4 Å². The van der Waals surface area contributed by atoms with E-state index in [-0.39, 0.29) is 23.8 Å². The lowest BCUT2D eigenvalue weighted by Gasteiger charge is -2.06. The maximum atomic E-state index is 11.5. The van der Waals surface area contributed by atoms with Crippen molar-refractivity contribution in [3.8, 4) is 5.75 Å². The molecule has 0 aromatic heterocycles. The first kappa shape index (κ1) is 12.2. The number of aliphatic hydroxyl groups is 1. The molecule has 4 heteroatoms. The lowest BCUT2D eigenvalue weighted by Crippen LogP contribution is -2.09. The van der Waals surface area contributed by atoms with E-state index >= 15 is 0 Å². The lowest BCUT2D eigenvalue weighted by atomic mass is 10.1. The number of Topliss-reactive ketones (excluding diaryl/α,β-unsaturated/α-hetero) is 1. The summed E-state index contributed by atoms with van der Waals surface area (Å²) >= 11 is 3.22. The van der Waals surface area contributed by atoms with Gasteiger partial charge in [0.05, 0.1) is 11.4 Å². The van der Waals surface area contributed by atoms with E-state index in [0.717, 1.165) is 0 Å². The van der Waals surface area contributed by atoms with Gasteiger partial charge in [-0.05, 0) is 31.2 Å². The number of hydrogen-bond acceptors (Lipinski definition) is 3. The average molecular weight is 273 g/mol. The zero-order valence-corrected chi connectivity index (χ0v) is 10.0. The Labute approximate surface area is 97.2 Å². The van der Waals surface area contributed by atoms with Crippen LogP contribution in [-0.2, 0) is 0 Å². The molecule has 1 N–H and O–H groups in total. The van der Waals surface area contributed by atoms with E-state index in [4.69, 9.17) is 9.84 Å². The highest BCUT2D eigenvalue weighted by Gasteiger charge is 2.11. The lowest BCUT2D eigenvalue weighted by molar-refractivity contribution is 0.0995. The molecule has 1 unspecified atom stereocenters. The predicted molar refractivity (Wildman–Crippen MR) is 61.7 cm³/mol. The van der Waals surface area contributed by atoms with Gasteiger partial charge in [-0.2, -0.15) is 0 Å². The molecular weight excluding hydrogens is 260 g/mol. The van der Waals surface area contributed by atoms with Gasteiger partial charge >= 0.3 is 0 Å². The Balaban J connectivity index is 2.68. The van der Waals surface area contributed by atoms with Gasteiger partial charge in [0.2, 0.25) is 0 Å². The molecule has 3 nitrogen and oxygen atoms in total. The predicted octanol–water partition coefficient (Wildman–Crippen LogP) is 2.02. The summed E-state index contributed by atoms with van der Waals surface area (Å²) in [4.78, 5) is 11.4. The van der Waals surface area contributed by atoms with Crippen LogP contribution in [0.25, 0.3) is 0 Å². The fourth-order valence-corrected chi connectivity index (χ4v) is 1.37. The molecule has 0 amide bonds. The number of alkyl halides is 1. The zero-order chi connectivity index (χ0) is 11.3. The molecule has 0 aliphatic rings. The molecule has 0 fully saturated rings. The first-order valence-electron chi connectivity index (χ1n) is 4.67. The van der Waals surface area contributed by atoms with Crippen molar-refractivity contribution in [3.05, 3.63) is 29.8 Å². The topological polar surface area (TPSA) is 46.5 Å².